The Labute approximate surface area is 122 Å². The minimum atomic E-state index is 0.243. The molecule has 0 spiro atoms. The molecule has 2 rings (SSSR count). The number of carbonyl (C=O) groups is 1. The SMILES string of the molecule is CCCc1ccc(C(=O)CN2CCC(N(C)C)C2)cc1. The van der Waals surface area contributed by atoms with E-state index in [2.05, 4.69) is 43.0 Å². The monoisotopic (exact) mass is 274 g/mol. The number of Topliss-reactive ketones (excluding diaryl/α,β-unsaturated/α-hetero) is 1. The highest BCUT2D eigenvalue weighted by Gasteiger charge is 2.25. The highest BCUT2D eigenvalue weighted by atomic mass is 16.1. The Bertz CT molecular complexity index is 439. The van der Waals surface area contributed by atoms with Crippen LogP contribution in [-0.2, 0) is 6.42 Å². The van der Waals surface area contributed by atoms with Crippen molar-refractivity contribution in [3.63, 3.8) is 0 Å². The Balaban J connectivity index is 1.89. The van der Waals surface area contributed by atoms with E-state index in [1.54, 1.807) is 0 Å². The summed E-state index contributed by atoms with van der Waals surface area (Å²) in [6.45, 7) is 4.76. The molecule has 0 saturated carbocycles. The van der Waals surface area contributed by atoms with E-state index in [0.29, 0.717) is 12.6 Å². The van der Waals surface area contributed by atoms with Crippen LogP contribution in [-0.4, -0.2) is 55.4 Å². The third-order valence-corrected chi connectivity index (χ3v) is 4.16. The lowest BCUT2D eigenvalue weighted by molar-refractivity contribution is 0.0941. The van der Waals surface area contributed by atoms with Gasteiger partial charge >= 0.3 is 0 Å². The van der Waals surface area contributed by atoms with Crippen molar-refractivity contribution in [3.8, 4) is 0 Å². The third kappa shape index (κ3) is 3.90. The molecule has 110 valence electrons. The van der Waals surface area contributed by atoms with Crippen molar-refractivity contribution < 1.29 is 4.79 Å². The molecule has 1 saturated heterocycles. The van der Waals surface area contributed by atoms with Crippen molar-refractivity contribution in [1.82, 2.24) is 9.80 Å². The van der Waals surface area contributed by atoms with E-state index in [9.17, 15) is 4.79 Å². The number of hydrogen-bond acceptors (Lipinski definition) is 3. The molecule has 1 aromatic rings. The molecule has 0 amide bonds. The maximum Gasteiger partial charge on any atom is 0.176 e. The topological polar surface area (TPSA) is 23.6 Å². The summed E-state index contributed by atoms with van der Waals surface area (Å²) >= 11 is 0. The highest BCUT2D eigenvalue weighted by molar-refractivity contribution is 5.97. The summed E-state index contributed by atoms with van der Waals surface area (Å²) in [5.74, 6) is 0.243. The van der Waals surface area contributed by atoms with Crippen LogP contribution in [0.5, 0.6) is 0 Å². The van der Waals surface area contributed by atoms with Crippen LogP contribution < -0.4 is 0 Å². The number of rotatable bonds is 6. The van der Waals surface area contributed by atoms with Crippen LogP contribution in [0.1, 0.15) is 35.7 Å². The van der Waals surface area contributed by atoms with E-state index >= 15 is 0 Å². The lowest BCUT2D eigenvalue weighted by Gasteiger charge is -2.19. The summed E-state index contributed by atoms with van der Waals surface area (Å²) in [5, 5.41) is 0. The minimum Gasteiger partial charge on any atom is -0.305 e. The normalized spacial score (nSPS) is 19.7. The zero-order chi connectivity index (χ0) is 14.5. The molecule has 0 aromatic heterocycles. The molecule has 1 fully saturated rings. The van der Waals surface area contributed by atoms with E-state index in [1.807, 2.05) is 12.1 Å². The largest absolute Gasteiger partial charge is 0.305 e. The predicted molar refractivity (Wildman–Crippen MR) is 83.3 cm³/mol. The van der Waals surface area contributed by atoms with E-state index in [4.69, 9.17) is 0 Å². The number of carbonyl (C=O) groups excluding carboxylic acids is 1. The number of likely N-dealkylation sites (N-methyl/N-ethyl adjacent to an activating group) is 1. The van der Waals surface area contributed by atoms with Crippen molar-refractivity contribution in [2.24, 2.45) is 0 Å². The molecule has 3 heteroatoms. The second kappa shape index (κ2) is 7.00. The summed E-state index contributed by atoms with van der Waals surface area (Å²) < 4.78 is 0. The average Bonchev–Trinajstić information content (AvgIpc) is 2.88. The number of benzene rings is 1. The molecule has 20 heavy (non-hydrogen) atoms. The second-order valence-corrected chi connectivity index (χ2v) is 6.01. The summed E-state index contributed by atoms with van der Waals surface area (Å²) in [6.07, 6.45) is 3.40. The molecule has 0 radical (unpaired) electrons. The Hall–Kier alpha value is -1.19. The first-order valence-electron chi connectivity index (χ1n) is 7.61. The van der Waals surface area contributed by atoms with Gasteiger partial charge in [0, 0.05) is 24.7 Å². The fourth-order valence-corrected chi connectivity index (χ4v) is 2.82. The van der Waals surface area contributed by atoms with Gasteiger partial charge < -0.3 is 4.90 Å². The van der Waals surface area contributed by atoms with Crippen LogP contribution >= 0.6 is 0 Å². The van der Waals surface area contributed by atoms with Crippen molar-refractivity contribution in [1.29, 1.82) is 0 Å². The Morgan fingerprint density at radius 3 is 2.55 bits per heavy atom. The molecule has 0 aliphatic carbocycles. The summed E-state index contributed by atoms with van der Waals surface area (Å²) in [7, 11) is 4.23. The van der Waals surface area contributed by atoms with Gasteiger partial charge in [-0.15, -0.1) is 0 Å². The number of nitrogens with zero attached hydrogens (tertiary/aromatic N) is 2. The molecule has 1 heterocycles. The maximum atomic E-state index is 12.3. The van der Waals surface area contributed by atoms with Gasteiger partial charge in [0.25, 0.3) is 0 Å². The molecular formula is C17H26N2O. The van der Waals surface area contributed by atoms with Crippen molar-refractivity contribution in [3.05, 3.63) is 35.4 Å². The van der Waals surface area contributed by atoms with Gasteiger partial charge in [-0.2, -0.15) is 0 Å². The van der Waals surface area contributed by atoms with Crippen LogP contribution in [0.2, 0.25) is 0 Å². The first-order chi connectivity index (χ1) is 9.60. The van der Waals surface area contributed by atoms with Crippen LogP contribution in [0.15, 0.2) is 24.3 Å². The van der Waals surface area contributed by atoms with Gasteiger partial charge in [-0.1, -0.05) is 37.6 Å². The molecule has 1 atom stereocenters. The van der Waals surface area contributed by atoms with Gasteiger partial charge in [0.1, 0.15) is 0 Å². The molecule has 3 nitrogen and oxygen atoms in total. The Morgan fingerprint density at radius 2 is 2.00 bits per heavy atom. The molecule has 1 unspecified atom stereocenters. The smallest absolute Gasteiger partial charge is 0.176 e. The van der Waals surface area contributed by atoms with Gasteiger partial charge in [0.2, 0.25) is 0 Å². The fraction of sp³-hybridized carbons (Fsp3) is 0.588. The zero-order valence-corrected chi connectivity index (χ0v) is 12.9. The van der Waals surface area contributed by atoms with Gasteiger partial charge in [-0.3, -0.25) is 9.69 Å². The Morgan fingerprint density at radius 1 is 1.30 bits per heavy atom. The quantitative estimate of drug-likeness (QED) is 0.745. The minimum absolute atomic E-state index is 0.243. The second-order valence-electron chi connectivity index (χ2n) is 6.01. The van der Waals surface area contributed by atoms with Crippen molar-refractivity contribution in [2.45, 2.75) is 32.2 Å². The summed E-state index contributed by atoms with van der Waals surface area (Å²) in [4.78, 5) is 16.8. The van der Waals surface area contributed by atoms with Gasteiger partial charge in [0.05, 0.1) is 6.54 Å². The first-order valence-corrected chi connectivity index (χ1v) is 7.61. The van der Waals surface area contributed by atoms with Gasteiger partial charge in [-0.05, 0) is 32.5 Å². The molecule has 1 aliphatic rings. The third-order valence-electron chi connectivity index (χ3n) is 4.16. The van der Waals surface area contributed by atoms with Crippen LogP contribution in [0, 0.1) is 0 Å². The maximum absolute atomic E-state index is 12.3. The highest BCUT2D eigenvalue weighted by Crippen LogP contribution is 2.14. The van der Waals surface area contributed by atoms with E-state index in [-0.39, 0.29) is 5.78 Å². The van der Waals surface area contributed by atoms with Crippen LogP contribution in [0.3, 0.4) is 0 Å². The standard InChI is InChI=1S/C17H26N2O/c1-4-5-14-6-8-15(9-7-14)17(20)13-19-11-10-16(12-19)18(2)3/h6-9,16H,4-5,10-13H2,1-3H3. The van der Waals surface area contributed by atoms with Crippen LogP contribution in [0.25, 0.3) is 0 Å². The van der Waals surface area contributed by atoms with Gasteiger partial charge in [-0.25, -0.2) is 0 Å². The zero-order valence-electron chi connectivity index (χ0n) is 12.9. The summed E-state index contributed by atoms with van der Waals surface area (Å²) in [6, 6.07) is 8.72. The molecule has 0 N–H and O–H groups in total. The van der Waals surface area contributed by atoms with Crippen molar-refractivity contribution >= 4 is 5.78 Å². The van der Waals surface area contributed by atoms with Crippen molar-refractivity contribution in [2.75, 3.05) is 33.7 Å². The number of hydrogen-bond donors (Lipinski definition) is 0. The predicted octanol–water partition coefficient (Wildman–Crippen LogP) is 2.46. The number of aryl methyl sites for hydroxylation is 1. The molecule has 1 aliphatic heterocycles. The van der Waals surface area contributed by atoms with Gasteiger partial charge in [0.15, 0.2) is 5.78 Å². The molecule has 1 aromatic carbocycles. The molecule has 0 bridgehead atoms. The molecular weight excluding hydrogens is 248 g/mol. The number of ketones is 1. The first kappa shape index (κ1) is 15.2. The fourth-order valence-electron chi connectivity index (χ4n) is 2.82. The van der Waals surface area contributed by atoms with Crippen LogP contribution in [0.4, 0.5) is 0 Å². The number of likely N-dealkylation sites (tertiary alicyclic amines) is 1. The Kier molecular flexibility index (Phi) is 5.32. The lowest BCUT2D eigenvalue weighted by atomic mass is 10.1. The average molecular weight is 274 g/mol. The lowest BCUT2D eigenvalue weighted by Crippen LogP contribution is -2.33. The summed E-state index contributed by atoms with van der Waals surface area (Å²) in [5.41, 5.74) is 2.16. The van der Waals surface area contributed by atoms with E-state index < -0.39 is 0 Å². The van der Waals surface area contributed by atoms with E-state index in [1.165, 1.54) is 5.56 Å². The van der Waals surface area contributed by atoms with E-state index in [0.717, 1.165) is 37.9 Å².